The van der Waals surface area contributed by atoms with Gasteiger partial charge in [-0.25, -0.2) is 0 Å². The fourth-order valence-electron chi connectivity index (χ4n) is 2.79. The van der Waals surface area contributed by atoms with Crippen LogP contribution in [0.2, 0.25) is 0 Å². The van der Waals surface area contributed by atoms with Gasteiger partial charge in [0, 0.05) is 25.1 Å². The van der Waals surface area contributed by atoms with Crippen LogP contribution in [0, 0.1) is 5.41 Å². The van der Waals surface area contributed by atoms with Gasteiger partial charge in [-0.15, -0.1) is 0 Å². The molecule has 0 bridgehead atoms. The van der Waals surface area contributed by atoms with Crippen LogP contribution in [0.25, 0.3) is 0 Å². The number of hydrogen-bond acceptors (Lipinski definition) is 4. The number of carbonyl (C=O) groups excluding carboxylic acids is 1. The van der Waals surface area contributed by atoms with E-state index >= 15 is 0 Å². The first kappa shape index (κ1) is 18.9. The minimum absolute atomic E-state index is 0.0588. The molecule has 0 aromatic heterocycles. The monoisotopic (exact) mass is 349 g/mol. The summed E-state index contributed by atoms with van der Waals surface area (Å²) in [7, 11) is 0. The first-order valence-corrected chi connectivity index (χ1v) is 8.24. The average Bonchev–Trinajstić information content (AvgIpc) is 2.97. The molecule has 1 aliphatic rings. The molecule has 1 fully saturated rings. The smallest absolute Gasteiger partial charge is 0.323 e. The van der Waals surface area contributed by atoms with E-state index in [9.17, 15) is 24.6 Å². The van der Waals surface area contributed by atoms with Crippen LogP contribution < -0.4 is 4.90 Å². The van der Waals surface area contributed by atoms with Crippen molar-refractivity contribution in [2.45, 2.75) is 39.2 Å². The van der Waals surface area contributed by atoms with Crippen molar-refractivity contribution in [3.8, 4) is 0 Å². The summed E-state index contributed by atoms with van der Waals surface area (Å²) in [6.45, 7) is 3.68. The number of anilines is 1. The predicted octanol–water partition coefficient (Wildman–Crippen LogP) is 1.94. The molecule has 1 heterocycles. The van der Waals surface area contributed by atoms with Gasteiger partial charge in [-0.2, -0.15) is 0 Å². The summed E-state index contributed by atoms with van der Waals surface area (Å²) in [6, 6.07) is 6.76. The maximum absolute atomic E-state index is 11.8. The van der Waals surface area contributed by atoms with Crippen molar-refractivity contribution in [3.63, 3.8) is 0 Å². The number of rotatable bonds is 8. The quantitative estimate of drug-likeness (QED) is 0.695. The van der Waals surface area contributed by atoms with Crippen molar-refractivity contribution < 1.29 is 29.3 Å². The fraction of sp³-hybridized carbons (Fsp3) is 0.500. The van der Waals surface area contributed by atoms with Gasteiger partial charge >= 0.3 is 11.9 Å². The molecule has 0 aliphatic carbocycles. The Balaban J connectivity index is 2.21. The highest BCUT2D eigenvalue weighted by Crippen LogP contribution is 2.28. The normalized spacial score (nSPS) is 15.0. The molecule has 0 spiro atoms. The van der Waals surface area contributed by atoms with Crippen LogP contribution in [0.4, 0.5) is 5.69 Å². The number of carbonyl (C=O) groups is 3. The second kappa shape index (κ2) is 7.65. The highest BCUT2D eigenvalue weighted by molar-refractivity contribution is 5.99. The van der Waals surface area contributed by atoms with E-state index < -0.39 is 24.0 Å². The Morgan fingerprint density at radius 3 is 2.24 bits per heavy atom. The van der Waals surface area contributed by atoms with E-state index in [0.29, 0.717) is 18.5 Å². The average molecular weight is 349 g/mol. The summed E-state index contributed by atoms with van der Waals surface area (Å²) in [5, 5.41) is 19.0. The van der Waals surface area contributed by atoms with Gasteiger partial charge in [-0.1, -0.05) is 12.1 Å². The molecule has 1 aliphatic heterocycles. The number of amides is 1. The van der Waals surface area contributed by atoms with Crippen molar-refractivity contribution in [1.29, 1.82) is 0 Å². The molecule has 2 rings (SSSR count). The largest absolute Gasteiger partial charge is 0.480 e. The molecule has 1 aromatic rings. The molecule has 7 nitrogen and oxygen atoms in total. The maximum Gasteiger partial charge on any atom is 0.323 e. The van der Waals surface area contributed by atoms with E-state index in [4.69, 9.17) is 4.74 Å². The number of hydrogen-bond donors (Lipinski definition) is 2. The van der Waals surface area contributed by atoms with Crippen molar-refractivity contribution >= 4 is 23.5 Å². The van der Waals surface area contributed by atoms with E-state index in [1.54, 1.807) is 43.0 Å². The maximum atomic E-state index is 11.8. The number of ether oxygens (including phenoxy) is 1. The summed E-state index contributed by atoms with van der Waals surface area (Å²) < 4.78 is 5.31. The molecule has 0 unspecified atom stereocenters. The molecular formula is C18H23NO6. The predicted molar refractivity (Wildman–Crippen MR) is 90.5 cm³/mol. The molecular weight excluding hydrogens is 326 g/mol. The topological polar surface area (TPSA) is 104 Å². The Labute approximate surface area is 146 Å². The number of nitrogens with zero attached hydrogens (tertiary/aromatic N) is 1. The number of carboxylic acids is 2. The van der Waals surface area contributed by atoms with E-state index in [1.807, 2.05) is 0 Å². The molecule has 0 radical (unpaired) electrons. The fourth-order valence-corrected chi connectivity index (χ4v) is 2.79. The van der Waals surface area contributed by atoms with Crippen LogP contribution >= 0.6 is 0 Å². The zero-order valence-electron chi connectivity index (χ0n) is 14.4. The highest BCUT2D eigenvalue weighted by atomic mass is 16.5. The van der Waals surface area contributed by atoms with Crippen LogP contribution in [-0.2, 0) is 25.5 Å². The Morgan fingerprint density at radius 2 is 1.80 bits per heavy atom. The van der Waals surface area contributed by atoms with Gasteiger partial charge in [-0.05, 0) is 38.0 Å². The van der Waals surface area contributed by atoms with E-state index in [1.165, 1.54) is 0 Å². The molecule has 1 amide bonds. The molecule has 25 heavy (non-hydrogen) atoms. The lowest BCUT2D eigenvalue weighted by Crippen LogP contribution is -2.46. The van der Waals surface area contributed by atoms with Gasteiger partial charge in [0.25, 0.3) is 0 Å². The third kappa shape index (κ3) is 4.17. The lowest BCUT2D eigenvalue weighted by molar-refractivity contribution is -0.170. The molecule has 136 valence electrons. The Kier molecular flexibility index (Phi) is 5.79. The van der Waals surface area contributed by atoms with Gasteiger partial charge in [0.05, 0.1) is 12.7 Å². The van der Waals surface area contributed by atoms with Crippen molar-refractivity contribution in [2.75, 3.05) is 18.1 Å². The molecule has 7 heteroatoms. The van der Waals surface area contributed by atoms with Gasteiger partial charge in [0.2, 0.25) is 5.91 Å². The van der Waals surface area contributed by atoms with Gasteiger partial charge in [0.1, 0.15) is 0 Å². The third-order valence-electron chi connectivity index (χ3n) is 4.31. The Morgan fingerprint density at radius 1 is 1.20 bits per heavy atom. The van der Waals surface area contributed by atoms with Crippen LogP contribution in [0.15, 0.2) is 24.3 Å². The minimum atomic E-state index is -2.05. The summed E-state index contributed by atoms with van der Waals surface area (Å²) in [4.78, 5) is 36.8. The van der Waals surface area contributed by atoms with Crippen molar-refractivity contribution in [1.82, 2.24) is 0 Å². The number of carboxylic acid groups (broad SMARTS) is 2. The molecule has 0 atom stereocenters. The van der Waals surface area contributed by atoms with Crippen LogP contribution in [0.5, 0.6) is 0 Å². The van der Waals surface area contributed by atoms with E-state index in [-0.39, 0.29) is 18.4 Å². The zero-order valence-corrected chi connectivity index (χ0v) is 14.4. The lowest BCUT2D eigenvalue weighted by Gasteiger charge is -2.26. The summed E-state index contributed by atoms with van der Waals surface area (Å²) in [5.74, 6) is -2.80. The first-order chi connectivity index (χ1) is 11.8. The van der Waals surface area contributed by atoms with Crippen molar-refractivity contribution in [2.24, 2.45) is 5.41 Å². The molecule has 2 N–H and O–H groups in total. The van der Waals surface area contributed by atoms with Crippen LogP contribution in [0.3, 0.4) is 0 Å². The second-order valence-electron chi connectivity index (χ2n) is 6.54. The summed E-state index contributed by atoms with van der Waals surface area (Å²) in [5.41, 5.74) is -0.747. The SMILES string of the molecule is CC(C)OCC(Cc1ccc(N2CCCC2=O)cc1)(C(=O)O)C(=O)O. The molecule has 0 saturated carbocycles. The number of benzene rings is 1. The summed E-state index contributed by atoms with van der Waals surface area (Å²) in [6.07, 6.45) is 0.865. The third-order valence-corrected chi connectivity index (χ3v) is 4.31. The van der Waals surface area contributed by atoms with Crippen LogP contribution in [-0.4, -0.2) is 47.3 Å². The Bertz CT molecular complexity index is 638. The van der Waals surface area contributed by atoms with E-state index in [2.05, 4.69) is 0 Å². The zero-order chi connectivity index (χ0) is 18.6. The Hall–Kier alpha value is -2.41. The second-order valence-corrected chi connectivity index (χ2v) is 6.54. The summed E-state index contributed by atoms with van der Waals surface area (Å²) >= 11 is 0. The highest BCUT2D eigenvalue weighted by Gasteiger charge is 2.47. The molecule has 1 saturated heterocycles. The van der Waals surface area contributed by atoms with Gasteiger partial charge in [0.15, 0.2) is 5.41 Å². The van der Waals surface area contributed by atoms with E-state index in [0.717, 1.165) is 12.1 Å². The molecule has 1 aromatic carbocycles. The lowest BCUT2D eigenvalue weighted by atomic mass is 9.82. The van der Waals surface area contributed by atoms with Crippen LogP contribution in [0.1, 0.15) is 32.3 Å². The van der Waals surface area contributed by atoms with Gasteiger partial charge in [-0.3, -0.25) is 14.4 Å². The first-order valence-electron chi connectivity index (χ1n) is 8.24. The van der Waals surface area contributed by atoms with Gasteiger partial charge < -0.3 is 19.8 Å². The minimum Gasteiger partial charge on any atom is -0.480 e. The van der Waals surface area contributed by atoms with Crippen molar-refractivity contribution in [3.05, 3.63) is 29.8 Å². The standard InChI is InChI=1S/C18H23NO6/c1-12(2)25-11-18(16(21)22,17(23)24)10-13-5-7-14(8-6-13)19-9-3-4-15(19)20/h5-8,12H,3-4,9-11H2,1-2H3,(H,21,22)(H,23,24). The number of aliphatic carboxylic acids is 2.